The van der Waals surface area contributed by atoms with E-state index in [1.807, 2.05) is 42.5 Å². The summed E-state index contributed by atoms with van der Waals surface area (Å²) in [6.07, 6.45) is 0. The van der Waals surface area contributed by atoms with Crippen LogP contribution in [0.4, 0.5) is 0 Å². The summed E-state index contributed by atoms with van der Waals surface area (Å²) in [6.45, 7) is 0.370. The van der Waals surface area contributed by atoms with E-state index in [9.17, 15) is 4.79 Å². The topological polar surface area (TPSA) is 129 Å². The number of nitrogens with two attached hydrogens (primary N) is 2. The third kappa shape index (κ3) is 4.24. The Bertz CT molecular complexity index is 1020. The minimum atomic E-state index is -0.179. The van der Waals surface area contributed by atoms with Crippen molar-refractivity contribution in [2.75, 3.05) is 0 Å². The molecule has 0 aliphatic rings. The normalized spacial score (nSPS) is 10.3. The van der Waals surface area contributed by atoms with Gasteiger partial charge in [-0.25, -0.2) is 0 Å². The predicted molar refractivity (Wildman–Crippen MR) is 112 cm³/mol. The third-order valence-electron chi connectivity index (χ3n) is 4.40. The standard InChI is InChI=1S/C22H21N5O/c23-20(24)16-7-5-14(6-8-16)13-27-22(28)19-4-2-1-3-18(19)15-9-11-17(12-10-15)21(25)26/h1-12H,13H2,(H3,23,24)(H3,25,26)(H,27,28). The van der Waals surface area contributed by atoms with Crippen LogP contribution >= 0.6 is 0 Å². The SMILES string of the molecule is N=C(N)c1ccc(CNC(=O)c2ccccc2-c2ccc(C(=N)N)cc2)cc1. The quantitative estimate of drug-likeness (QED) is 0.337. The molecule has 6 heteroatoms. The Balaban J connectivity index is 1.77. The Hall–Kier alpha value is -3.93. The number of carbonyl (C=O) groups is 1. The Kier molecular flexibility index (Phi) is 5.50. The molecule has 3 rings (SSSR count). The van der Waals surface area contributed by atoms with E-state index in [0.717, 1.165) is 16.7 Å². The highest BCUT2D eigenvalue weighted by Crippen LogP contribution is 2.24. The van der Waals surface area contributed by atoms with Gasteiger partial charge in [-0.1, -0.05) is 66.7 Å². The molecule has 0 aliphatic carbocycles. The first-order valence-electron chi connectivity index (χ1n) is 8.71. The van der Waals surface area contributed by atoms with Gasteiger partial charge in [0.15, 0.2) is 0 Å². The molecule has 0 aromatic heterocycles. The van der Waals surface area contributed by atoms with Crippen LogP contribution in [0, 0.1) is 10.8 Å². The van der Waals surface area contributed by atoms with Crippen molar-refractivity contribution < 1.29 is 4.79 Å². The van der Waals surface area contributed by atoms with Crippen molar-refractivity contribution in [3.8, 4) is 11.1 Å². The summed E-state index contributed by atoms with van der Waals surface area (Å²) < 4.78 is 0. The van der Waals surface area contributed by atoms with Crippen LogP contribution in [-0.4, -0.2) is 17.6 Å². The minimum absolute atomic E-state index is 0.00775. The van der Waals surface area contributed by atoms with Crippen molar-refractivity contribution >= 4 is 17.6 Å². The monoisotopic (exact) mass is 371 g/mol. The van der Waals surface area contributed by atoms with Gasteiger partial charge < -0.3 is 16.8 Å². The number of hydrogen-bond acceptors (Lipinski definition) is 3. The van der Waals surface area contributed by atoms with Gasteiger partial charge in [-0.3, -0.25) is 15.6 Å². The highest BCUT2D eigenvalue weighted by molar-refractivity contribution is 6.01. The van der Waals surface area contributed by atoms with Crippen molar-refractivity contribution in [3.63, 3.8) is 0 Å². The van der Waals surface area contributed by atoms with Gasteiger partial charge in [0, 0.05) is 23.2 Å². The fourth-order valence-corrected chi connectivity index (χ4v) is 2.84. The summed E-state index contributed by atoms with van der Waals surface area (Å²) in [7, 11) is 0. The molecule has 0 unspecified atom stereocenters. The summed E-state index contributed by atoms with van der Waals surface area (Å²) >= 11 is 0. The summed E-state index contributed by atoms with van der Waals surface area (Å²) in [5, 5.41) is 17.8. The Labute approximate surface area is 163 Å². The van der Waals surface area contributed by atoms with E-state index < -0.39 is 0 Å². The molecule has 0 spiro atoms. The van der Waals surface area contributed by atoms with Gasteiger partial charge in [-0.05, 0) is 22.8 Å². The smallest absolute Gasteiger partial charge is 0.252 e. The lowest BCUT2D eigenvalue weighted by molar-refractivity contribution is 0.0951. The lowest BCUT2D eigenvalue weighted by Gasteiger charge is -2.11. The van der Waals surface area contributed by atoms with Crippen molar-refractivity contribution in [2.24, 2.45) is 11.5 Å². The lowest BCUT2D eigenvalue weighted by Crippen LogP contribution is -2.23. The molecule has 0 bridgehead atoms. The lowest BCUT2D eigenvalue weighted by atomic mass is 9.98. The molecule has 1 amide bonds. The van der Waals surface area contributed by atoms with Gasteiger partial charge >= 0.3 is 0 Å². The fourth-order valence-electron chi connectivity index (χ4n) is 2.84. The molecule has 0 saturated heterocycles. The second-order valence-corrected chi connectivity index (χ2v) is 6.33. The Morgan fingerprint density at radius 1 is 0.786 bits per heavy atom. The molecule has 0 fully saturated rings. The van der Waals surface area contributed by atoms with Crippen molar-refractivity contribution in [2.45, 2.75) is 6.54 Å². The number of rotatable bonds is 6. The summed E-state index contributed by atoms with van der Waals surface area (Å²) in [5.41, 5.74) is 15.4. The van der Waals surface area contributed by atoms with Crippen LogP contribution in [-0.2, 0) is 6.54 Å². The molecule has 6 nitrogen and oxygen atoms in total. The molecule has 0 radical (unpaired) electrons. The highest BCUT2D eigenvalue weighted by Gasteiger charge is 2.12. The third-order valence-corrected chi connectivity index (χ3v) is 4.40. The molecule has 3 aromatic rings. The summed E-state index contributed by atoms with van der Waals surface area (Å²) in [4.78, 5) is 12.7. The molecule has 7 N–H and O–H groups in total. The summed E-state index contributed by atoms with van der Waals surface area (Å²) in [5.74, 6) is -0.157. The number of carbonyl (C=O) groups excluding carboxylic acids is 1. The second kappa shape index (κ2) is 8.18. The van der Waals surface area contributed by atoms with Crippen molar-refractivity contribution in [1.82, 2.24) is 5.32 Å². The van der Waals surface area contributed by atoms with Crippen LogP contribution in [0.25, 0.3) is 11.1 Å². The average molecular weight is 371 g/mol. The first kappa shape index (κ1) is 18.8. The first-order valence-corrected chi connectivity index (χ1v) is 8.71. The van der Waals surface area contributed by atoms with Crippen LogP contribution in [0.2, 0.25) is 0 Å². The van der Waals surface area contributed by atoms with Crippen LogP contribution in [0.15, 0.2) is 72.8 Å². The molecule has 0 saturated carbocycles. The fraction of sp³-hybridized carbons (Fsp3) is 0.0455. The van der Waals surface area contributed by atoms with Gasteiger partial charge in [0.2, 0.25) is 0 Å². The van der Waals surface area contributed by atoms with Gasteiger partial charge in [0.05, 0.1) is 0 Å². The number of amidine groups is 2. The zero-order valence-corrected chi connectivity index (χ0v) is 15.2. The van der Waals surface area contributed by atoms with Crippen molar-refractivity contribution in [1.29, 1.82) is 10.8 Å². The molecule has 0 heterocycles. The maximum atomic E-state index is 12.7. The van der Waals surface area contributed by atoms with E-state index in [2.05, 4.69) is 5.32 Å². The second-order valence-electron chi connectivity index (χ2n) is 6.33. The maximum absolute atomic E-state index is 12.7. The number of benzene rings is 3. The Morgan fingerprint density at radius 2 is 1.32 bits per heavy atom. The maximum Gasteiger partial charge on any atom is 0.252 e. The zero-order valence-electron chi connectivity index (χ0n) is 15.2. The average Bonchev–Trinajstić information content (AvgIpc) is 2.72. The van der Waals surface area contributed by atoms with E-state index in [4.69, 9.17) is 22.3 Å². The number of hydrogen-bond donors (Lipinski definition) is 5. The highest BCUT2D eigenvalue weighted by atomic mass is 16.1. The number of amides is 1. The largest absolute Gasteiger partial charge is 0.384 e. The van der Waals surface area contributed by atoms with Gasteiger partial charge in [-0.15, -0.1) is 0 Å². The molecule has 28 heavy (non-hydrogen) atoms. The van der Waals surface area contributed by atoms with Crippen LogP contribution in [0.1, 0.15) is 27.0 Å². The molecule has 3 aromatic carbocycles. The van der Waals surface area contributed by atoms with E-state index in [1.165, 1.54) is 0 Å². The van der Waals surface area contributed by atoms with E-state index >= 15 is 0 Å². The van der Waals surface area contributed by atoms with E-state index in [0.29, 0.717) is 23.2 Å². The molecular weight excluding hydrogens is 350 g/mol. The minimum Gasteiger partial charge on any atom is -0.384 e. The van der Waals surface area contributed by atoms with Gasteiger partial charge in [-0.2, -0.15) is 0 Å². The zero-order chi connectivity index (χ0) is 20.1. The predicted octanol–water partition coefficient (Wildman–Crippen LogP) is 2.85. The van der Waals surface area contributed by atoms with E-state index in [1.54, 1.807) is 30.3 Å². The van der Waals surface area contributed by atoms with Gasteiger partial charge in [0.25, 0.3) is 5.91 Å². The van der Waals surface area contributed by atoms with Crippen LogP contribution < -0.4 is 16.8 Å². The molecule has 0 atom stereocenters. The molecule has 0 aliphatic heterocycles. The Morgan fingerprint density at radius 3 is 1.89 bits per heavy atom. The number of nitrogen functional groups attached to an aromatic ring is 2. The summed E-state index contributed by atoms with van der Waals surface area (Å²) in [6, 6.07) is 21.8. The number of nitrogens with one attached hydrogen (secondary N) is 3. The first-order chi connectivity index (χ1) is 13.5. The molecule has 140 valence electrons. The van der Waals surface area contributed by atoms with Crippen molar-refractivity contribution in [3.05, 3.63) is 95.1 Å². The van der Waals surface area contributed by atoms with Crippen LogP contribution in [0.5, 0.6) is 0 Å². The van der Waals surface area contributed by atoms with Crippen LogP contribution in [0.3, 0.4) is 0 Å². The van der Waals surface area contributed by atoms with E-state index in [-0.39, 0.29) is 17.6 Å². The van der Waals surface area contributed by atoms with Gasteiger partial charge in [0.1, 0.15) is 11.7 Å². The molecular formula is C22H21N5O.